The third-order valence-corrected chi connectivity index (χ3v) is 2.65. The summed E-state index contributed by atoms with van der Waals surface area (Å²) in [5, 5.41) is 6.13. The molecule has 4 nitrogen and oxygen atoms in total. The number of alkyl carbamates (subject to hydrolysis) is 1. The SMILES string of the molecule is O=C1N[C@@H](C2CCNCC2)CO1. The van der Waals surface area contributed by atoms with E-state index in [1.54, 1.807) is 0 Å². The van der Waals surface area contributed by atoms with E-state index in [0.29, 0.717) is 12.5 Å². The Morgan fingerprint density at radius 1 is 1.33 bits per heavy atom. The van der Waals surface area contributed by atoms with Gasteiger partial charge in [0.25, 0.3) is 0 Å². The standard InChI is InChI=1S/C8H14N2O2/c11-8-10-7(5-12-8)6-1-3-9-4-2-6/h6-7,9H,1-5H2,(H,10,11)/t7-/m1/s1. The summed E-state index contributed by atoms with van der Waals surface area (Å²) in [5.74, 6) is 0.609. The first-order chi connectivity index (χ1) is 5.86. The predicted octanol–water partition coefficient (Wildman–Crippen LogP) is 0.0944. The smallest absolute Gasteiger partial charge is 0.407 e. The zero-order chi connectivity index (χ0) is 8.39. The van der Waals surface area contributed by atoms with Crippen molar-refractivity contribution in [3.63, 3.8) is 0 Å². The van der Waals surface area contributed by atoms with E-state index < -0.39 is 0 Å². The number of rotatable bonds is 1. The summed E-state index contributed by atoms with van der Waals surface area (Å²) >= 11 is 0. The number of carbonyl (C=O) groups is 1. The fourth-order valence-electron chi connectivity index (χ4n) is 1.90. The molecule has 12 heavy (non-hydrogen) atoms. The molecule has 0 unspecified atom stereocenters. The van der Waals surface area contributed by atoms with Crippen molar-refractivity contribution in [1.82, 2.24) is 10.6 Å². The quantitative estimate of drug-likeness (QED) is 0.586. The van der Waals surface area contributed by atoms with Crippen LogP contribution in [0.5, 0.6) is 0 Å². The molecule has 0 spiro atoms. The third kappa shape index (κ3) is 1.53. The Bertz CT molecular complexity index is 178. The second-order valence-corrected chi connectivity index (χ2v) is 3.44. The summed E-state index contributed by atoms with van der Waals surface area (Å²) in [6.45, 7) is 2.69. The summed E-state index contributed by atoms with van der Waals surface area (Å²) in [7, 11) is 0. The summed E-state index contributed by atoms with van der Waals surface area (Å²) in [4.78, 5) is 10.7. The Labute approximate surface area is 71.7 Å². The molecule has 4 heteroatoms. The van der Waals surface area contributed by atoms with Crippen LogP contribution in [-0.4, -0.2) is 31.8 Å². The fraction of sp³-hybridized carbons (Fsp3) is 0.875. The highest BCUT2D eigenvalue weighted by atomic mass is 16.6. The van der Waals surface area contributed by atoms with Crippen molar-refractivity contribution >= 4 is 6.09 Å². The van der Waals surface area contributed by atoms with Crippen LogP contribution in [0.1, 0.15) is 12.8 Å². The molecular formula is C8H14N2O2. The van der Waals surface area contributed by atoms with Gasteiger partial charge in [-0.3, -0.25) is 0 Å². The Morgan fingerprint density at radius 3 is 2.67 bits per heavy atom. The minimum atomic E-state index is -0.251. The molecule has 2 heterocycles. The summed E-state index contributed by atoms with van der Waals surface area (Å²) < 4.78 is 4.85. The van der Waals surface area contributed by atoms with Crippen molar-refractivity contribution in [2.45, 2.75) is 18.9 Å². The van der Waals surface area contributed by atoms with Gasteiger partial charge >= 0.3 is 6.09 Å². The molecule has 0 aromatic rings. The first-order valence-electron chi connectivity index (χ1n) is 4.50. The number of ether oxygens (including phenoxy) is 1. The second kappa shape index (κ2) is 3.31. The lowest BCUT2D eigenvalue weighted by Gasteiger charge is -2.26. The largest absolute Gasteiger partial charge is 0.447 e. The number of piperidine rings is 1. The van der Waals surface area contributed by atoms with Crippen LogP contribution in [0.4, 0.5) is 4.79 Å². The molecule has 0 radical (unpaired) electrons. The van der Waals surface area contributed by atoms with Crippen molar-refractivity contribution < 1.29 is 9.53 Å². The van der Waals surface area contributed by atoms with Gasteiger partial charge in [-0.05, 0) is 31.8 Å². The molecule has 0 aromatic carbocycles. The first kappa shape index (κ1) is 7.86. The van der Waals surface area contributed by atoms with E-state index in [4.69, 9.17) is 4.74 Å². The minimum Gasteiger partial charge on any atom is -0.447 e. The first-order valence-corrected chi connectivity index (χ1v) is 4.50. The van der Waals surface area contributed by atoms with Gasteiger partial charge in [-0.1, -0.05) is 0 Å². The van der Waals surface area contributed by atoms with Crippen LogP contribution in [0.3, 0.4) is 0 Å². The van der Waals surface area contributed by atoms with Gasteiger partial charge < -0.3 is 15.4 Å². The van der Waals surface area contributed by atoms with Gasteiger partial charge in [0.2, 0.25) is 0 Å². The lowest BCUT2D eigenvalue weighted by atomic mass is 9.91. The van der Waals surface area contributed by atoms with Gasteiger partial charge in [0.05, 0.1) is 6.04 Å². The van der Waals surface area contributed by atoms with Gasteiger partial charge in [-0.15, -0.1) is 0 Å². The molecular weight excluding hydrogens is 156 g/mol. The zero-order valence-corrected chi connectivity index (χ0v) is 7.01. The van der Waals surface area contributed by atoms with Crippen LogP contribution < -0.4 is 10.6 Å². The molecule has 0 aromatic heterocycles. The summed E-state index contributed by atoms with van der Waals surface area (Å²) in [5.41, 5.74) is 0. The molecule has 1 atom stereocenters. The van der Waals surface area contributed by atoms with Gasteiger partial charge in [0, 0.05) is 0 Å². The molecule has 2 aliphatic heterocycles. The van der Waals surface area contributed by atoms with Gasteiger partial charge in [0.15, 0.2) is 0 Å². The van der Waals surface area contributed by atoms with E-state index in [0.717, 1.165) is 25.9 Å². The highest BCUT2D eigenvalue weighted by Crippen LogP contribution is 2.19. The number of amides is 1. The molecule has 0 saturated carbocycles. The maximum atomic E-state index is 10.7. The fourth-order valence-corrected chi connectivity index (χ4v) is 1.90. The van der Waals surface area contributed by atoms with Gasteiger partial charge in [0.1, 0.15) is 6.61 Å². The normalized spacial score (nSPS) is 31.3. The van der Waals surface area contributed by atoms with Crippen molar-refractivity contribution in [2.75, 3.05) is 19.7 Å². The molecule has 2 rings (SSSR count). The number of hydrogen-bond donors (Lipinski definition) is 2. The lowest BCUT2D eigenvalue weighted by Crippen LogP contribution is -2.40. The van der Waals surface area contributed by atoms with Crippen LogP contribution in [0.15, 0.2) is 0 Å². The van der Waals surface area contributed by atoms with Crippen LogP contribution in [0.2, 0.25) is 0 Å². The highest BCUT2D eigenvalue weighted by molar-refractivity contribution is 5.69. The Kier molecular flexibility index (Phi) is 2.17. The second-order valence-electron chi connectivity index (χ2n) is 3.44. The average Bonchev–Trinajstić information content (AvgIpc) is 2.54. The number of cyclic esters (lactones) is 1. The van der Waals surface area contributed by atoms with E-state index in [1.807, 2.05) is 0 Å². The Balaban J connectivity index is 1.86. The molecule has 2 saturated heterocycles. The van der Waals surface area contributed by atoms with Crippen molar-refractivity contribution in [2.24, 2.45) is 5.92 Å². The van der Waals surface area contributed by atoms with Crippen LogP contribution >= 0.6 is 0 Å². The third-order valence-electron chi connectivity index (χ3n) is 2.65. The predicted molar refractivity (Wildman–Crippen MR) is 43.9 cm³/mol. The Hall–Kier alpha value is -0.770. The molecule has 0 bridgehead atoms. The highest BCUT2D eigenvalue weighted by Gasteiger charge is 2.30. The van der Waals surface area contributed by atoms with E-state index >= 15 is 0 Å². The van der Waals surface area contributed by atoms with Gasteiger partial charge in [-0.25, -0.2) is 4.79 Å². The molecule has 2 N–H and O–H groups in total. The molecule has 2 aliphatic rings. The maximum Gasteiger partial charge on any atom is 0.407 e. The molecule has 2 fully saturated rings. The average molecular weight is 170 g/mol. The molecule has 1 amide bonds. The Morgan fingerprint density at radius 2 is 2.08 bits per heavy atom. The summed E-state index contributed by atoms with van der Waals surface area (Å²) in [6, 6.07) is 0.264. The zero-order valence-electron chi connectivity index (χ0n) is 7.01. The van der Waals surface area contributed by atoms with Crippen LogP contribution in [0, 0.1) is 5.92 Å². The van der Waals surface area contributed by atoms with Crippen molar-refractivity contribution in [1.29, 1.82) is 0 Å². The van der Waals surface area contributed by atoms with E-state index in [9.17, 15) is 4.79 Å². The summed E-state index contributed by atoms with van der Waals surface area (Å²) in [6.07, 6.45) is 2.04. The monoisotopic (exact) mass is 170 g/mol. The maximum absolute atomic E-state index is 10.7. The van der Waals surface area contributed by atoms with Crippen molar-refractivity contribution in [3.8, 4) is 0 Å². The minimum absolute atomic E-state index is 0.251. The topological polar surface area (TPSA) is 50.4 Å². The van der Waals surface area contributed by atoms with E-state index in [2.05, 4.69) is 10.6 Å². The van der Waals surface area contributed by atoms with E-state index in [1.165, 1.54) is 0 Å². The number of hydrogen-bond acceptors (Lipinski definition) is 3. The number of nitrogens with one attached hydrogen (secondary N) is 2. The van der Waals surface area contributed by atoms with Crippen LogP contribution in [0.25, 0.3) is 0 Å². The van der Waals surface area contributed by atoms with Gasteiger partial charge in [-0.2, -0.15) is 0 Å². The van der Waals surface area contributed by atoms with Crippen molar-refractivity contribution in [3.05, 3.63) is 0 Å². The number of carbonyl (C=O) groups excluding carboxylic acids is 1. The molecule has 0 aliphatic carbocycles. The lowest BCUT2D eigenvalue weighted by molar-refractivity contribution is 0.173. The van der Waals surface area contributed by atoms with E-state index in [-0.39, 0.29) is 12.1 Å². The van der Waals surface area contributed by atoms with Crippen LogP contribution in [-0.2, 0) is 4.74 Å². The molecule has 68 valence electrons.